The SMILES string of the molecule is CC(C)COC(=O)c1ccncc1. The fourth-order valence-electron chi connectivity index (χ4n) is 0.814. The Morgan fingerprint density at radius 1 is 1.46 bits per heavy atom. The Balaban J connectivity index is 2.50. The lowest BCUT2D eigenvalue weighted by molar-refractivity contribution is 0.0459. The molecule has 3 nitrogen and oxygen atoms in total. The highest BCUT2D eigenvalue weighted by Crippen LogP contribution is 2.01. The van der Waals surface area contributed by atoms with Crippen molar-refractivity contribution >= 4 is 5.97 Å². The predicted octanol–water partition coefficient (Wildman–Crippen LogP) is 1.89. The summed E-state index contributed by atoms with van der Waals surface area (Å²) in [5, 5.41) is 0. The molecule has 0 saturated heterocycles. The fraction of sp³-hybridized carbons (Fsp3) is 0.400. The summed E-state index contributed by atoms with van der Waals surface area (Å²) in [6.45, 7) is 4.46. The summed E-state index contributed by atoms with van der Waals surface area (Å²) in [7, 11) is 0. The quantitative estimate of drug-likeness (QED) is 0.665. The summed E-state index contributed by atoms with van der Waals surface area (Å²) in [5.41, 5.74) is 0.552. The average Bonchev–Trinajstić information content (AvgIpc) is 2.15. The second-order valence-corrected chi connectivity index (χ2v) is 3.23. The van der Waals surface area contributed by atoms with Gasteiger partial charge in [-0.2, -0.15) is 0 Å². The van der Waals surface area contributed by atoms with Gasteiger partial charge in [-0.3, -0.25) is 4.98 Å². The Labute approximate surface area is 77.8 Å². The number of carbonyl (C=O) groups is 1. The van der Waals surface area contributed by atoms with Crippen molar-refractivity contribution in [1.82, 2.24) is 4.98 Å². The van der Waals surface area contributed by atoms with Gasteiger partial charge in [0.15, 0.2) is 0 Å². The van der Waals surface area contributed by atoms with Gasteiger partial charge in [-0.1, -0.05) is 13.8 Å². The van der Waals surface area contributed by atoms with Crippen molar-refractivity contribution in [3.8, 4) is 0 Å². The zero-order valence-corrected chi connectivity index (χ0v) is 7.86. The molecule has 1 aromatic heterocycles. The summed E-state index contributed by atoms with van der Waals surface area (Å²) in [4.78, 5) is 15.1. The molecule has 0 aliphatic carbocycles. The predicted molar refractivity (Wildman–Crippen MR) is 49.4 cm³/mol. The van der Waals surface area contributed by atoms with Gasteiger partial charge < -0.3 is 4.74 Å². The lowest BCUT2D eigenvalue weighted by atomic mass is 10.2. The van der Waals surface area contributed by atoms with Crippen LogP contribution in [-0.2, 0) is 4.74 Å². The van der Waals surface area contributed by atoms with Crippen molar-refractivity contribution in [2.75, 3.05) is 6.61 Å². The second-order valence-electron chi connectivity index (χ2n) is 3.23. The van der Waals surface area contributed by atoms with Gasteiger partial charge in [-0.15, -0.1) is 0 Å². The molecule has 0 saturated carbocycles. The molecule has 0 spiro atoms. The first-order valence-electron chi connectivity index (χ1n) is 4.27. The van der Waals surface area contributed by atoms with Crippen LogP contribution in [0.1, 0.15) is 24.2 Å². The Morgan fingerprint density at radius 2 is 2.08 bits per heavy atom. The summed E-state index contributed by atoms with van der Waals surface area (Å²) in [5.74, 6) is 0.0851. The van der Waals surface area contributed by atoms with Gasteiger partial charge in [0.25, 0.3) is 0 Å². The summed E-state index contributed by atoms with van der Waals surface area (Å²) in [6, 6.07) is 3.28. The molecule has 0 aromatic carbocycles. The van der Waals surface area contributed by atoms with Crippen LogP contribution in [0, 0.1) is 5.92 Å². The number of hydrogen-bond acceptors (Lipinski definition) is 3. The molecule has 0 radical (unpaired) electrons. The largest absolute Gasteiger partial charge is 0.462 e. The van der Waals surface area contributed by atoms with Crippen LogP contribution in [0.5, 0.6) is 0 Å². The Bertz CT molecular complexity index is 270. The van der Waals surface area contributed by atoms with Crippen molar-refractivity contribution in [2.24, 2.45) is 5.92 Å². The molecule has 0 amide bonds. The number of ether oxygens (including phenoxy) is 1. The third-order valence-corrected chi connectivity index (χ3v) is 1.46. The highest BCUT2D eigenvalue weighted by molar-refractivity contribution is 5.89. The maximum absolute atomic E-state index is 11.3. The number of nitrogens with zero attached hydrogens (tertiary/aromatic N) is 1. The van der Waals surface area contributed by atoms with E-state index < -0.39 is 0 Å². The Hall–Kier alpha value is -1.38. The van der Waals surface area contributed by atoms with Crippen LogP contribution < -0.4 is 0 Å². The van der Waals surface area contributed by atoms with Gasteiger partial charge in [0.2, 0.25) is 0 Å². The molecule has 0 N–H and O–H groups in total. The number of carbonyl (C=O) groups excluding carboxylic acids is 1. The third-order valence-electron chi connectivity index (χ3n) is 1.46. The minimum Gasteiger partial charge on any atom is -0.462 e. The third kappa shape index (κ3) is 3.23. The molecule has 1 aromatic rings. The van der Waals surface area contributed by atoms with Crippen LogP contribution in [0.2, 0.25) is 0 Å². The van der Waals surface area contributed by atoms with Crippen LogP contribution in [0.25, 0.3) is 0 Å². The Kier molecular flexibility index (Phi) is 3.43. The summed E-state index contributed by atoms with van der Waals surface area (Å²) >= 11 is 0. The number of hydrogen-bond donors (Lipinski definition) is 0. The lowest BCUT2D eigenvalue weighted by Crippen LogP contribution is -2.09. The van der Waals surface area contributed by atoms with E-state index >= 15 is 0 Å². The molecule has 3 heteroatoms. The van der Waals surface area contributed by atoms with Crippen molar-refractivity contribution in [3.63, 3.8) is 0 Å². The highest BCUT2D eigenvalue weighted by Gasteiger charge is 2.06. The molecule has 0 aliphatic heterocycles. The van der Waals surface area contributed by atoms with E-state index in [1.807, 2.05) is 13.8 Å². The number of pyridine rings is 1. The van der Waals surface area contributed by atoms with Gasteiger partial charge >= 0.3 is 5.97 Å². The van der Waals surface area contributed by atoms with Gasteiger partial charge in [0.1, 0.15) is 0 Å². The van der Waals surface area contributed by atoms with E-state index in [0.717, 1.165) is 0 Å². The minimum absolute atomic E-state index is 0.281. The standard InChI is InChI=1S/C10H13NO2/c1-8(2)7-13-10(12)9-3-5-11-6-4-9/h3-6,8H,7H2,1-2H3. The first kappa shape index (κ1) is 9.71. The van der Waals surface area contributed by atoms with Crippen molar-refractivity contribution in [1.29, 1.82) is 0 Å². The molecular weight excluding hydrogens is 166 g/mol. The van der Waals surface area contributed by atoms with E-state index in [1.165, 1.54) is 0 Å². The van der Waals surface area contributed by atoms with Crippen molar-refractivity contribution in [2.45, 2.75) is 13.8 Å². The number of aromatic nitrogens is 1. The second kappa shape index (κ2) is 4.60. The number of rotatable bonds is 3. The van der Waals surface area contributed by atoms with Gasteiger partial charge in [-0.05, 0) is 18.1 Å². The van der Waals surface area contributed by atoms with E-state index in [4.69, 9.17) is 4.74 Å². The maximum atomic E-state index is 11.3. The maximum Gasteiger partial charge on any atom is 0.338 e. The van der Waals surface area contributed by atoms with E-state index in [1.54, 1.807) is 24.5 Å². The molecule has 1 heterocycles. The summed E-state index contributed by atoms with van der Waals surface area (Å²) < 4.78 is 5.02. The molecule has 0 aliphatic rings. The average molecular weight is 179 g/mol. The molecule has 1 rings (SSSR count). The molecule has 0 bridgehead atoms. The highest BCUT2D eigenvalue weighted by atomic mass is 16.5. The topological polar surface area (TPSA) is 39.2 Å². The van der Waals surface area contributed by atoms with Gasteiger partial charge in [0.05, 0.1) is 12.2 Å². The van der Waals surface area contributed by atoms with Crippen molar-refractivity contribution in [3.05, 3.63) is 30.1 Å². The van der Waals surface area contributed by atoms with Crippen LogP contribution in [-0.4, -0.2) is 17.6 Å². The van der Waals surface area contributed by atoms with E-state index in [2.05, 4.69) is 4.98 Å². The van der Waals surface area contributed by atoms with Crippen LogP contribution in [0.3, 0.4) is 0 Å². The first-order chi connectivity index (χ1) is 6.20. The zero-order valence-electron chi connectivity index (χ0n) is 7.86. The molecule has 0 atom stereocenters. The van der Waals surface area contributed by atoms with Crippen LogP contribution in [0.4, 0.5) is 0 Å². The van der Waals surface area contributed by atoms with Crippen LogP contribution in [0.15, 0.2) is 24.5 Å². The van der Waals surface area contributed by atoms with Gasteiger partial charge in [-0.25, -0.2) is 4.79 Å². The van der Waals surface area contributed by atoms with E-state index in [9.17, 15) is 4.79 Å². The normalized spacial score (nSPS) is 10.1. The van der Waals surface area contributed by atoms with Gasteiger partial charge in [0, 0.05) is 12.4 Å². The Morgan fingerprint density at radius 3 is 2.62 bits per heavy atom. The number of esters is 1. The fourth-order valence-corrected chi connectivity index (χ4v) is 0.814. The molecule has 70 valence electrons. The monoisotopic (exact) mass is 179 g/mol. The van der Waals surface area contributed by atoms with Crippen molar-refractivity contribution < 1.29 is 9.53 Å². The van der Waals surface area contributed by atoms with E-state index in [0.29, 0.717) is 18.1 Å². The lowest BCUT2D eigenvalue weighted by Gasteiger charge is -2.06. The zero-order chi connectivity index (χ0) is 9.68. The smallest absolute Gasteiger partial charge is 0.338 e. The summed E-state index contributed by atoms with van der Waals surface area (Å²) in [6.07, 6.45) is 3.15. The first-order valence-corrected chi connectivity index (χ1v) is 4.27. The van der Waals surface area contributed by atoms with E-state index in [-0.39, 0.29) is 5.97 Å². The molecule has 0 fully saturated rings. The molecule has 13 heavy (non-hydrogen) atoms. The minimum atomic E-state index is -0.281. The molecular formula is C10H13NO2. The van der Waals surface area contributed by atoms with Crippen LogP contribution >= 0.6 is 0 Å². The molecule has 0 unspecified atom stereocenters.